The highest BCUT2D eigenvalue weighted by atomic mass is 32.1. The second kappa shape index (κ2) is 8.17. The van der Waals surface area contributed by atoms with Gasteiger partial charge in [0, 0.05) is 27.0 Å². The molecule has 0 N–H and O–H groups in total. The molecule has 0 saturated heterocycles. The molecule has 6 heteroatoms. The Labute approximate surface area is 141 Å². The van der Waals surface area contributed by atoms with Crippen LogP contribution in [0.1, 0.15) is 38.9 Å². The number of benzene rings is 1. The van der Waals surface area contributed by atoms with Crippen LogP contribution in [0.4, 0.5) is 0 Å². The van der Waals surface area contributed by atoms with Crippen LogP contribution in [-0.2, 0) is 18.9 Å². The predicted molar refractivity (Wildman–Crippen MR) is 90.1 cm³/mol. The largest absolute Gasteiger partial charge is 0.356 e. The molecule has 1 aromatic heterocycles. The molecule has 0 aliphatic heterocycles. The van der Waals surface area contributed by atoms with Crippen LogP contribution >= 0.6 is 11.3 Å². The molecule has 5 nitrogen and oxygen atoms in total. The smallest absolute Gasteiger partial charge is 0.263 e. The van der Waals surface area contributed by atoms with E-state index in [2.05, 4.69) is 29.7 Å². The molecule has 0 amide bonds. The maximum absolute atomic E-state index is 6.00. The fourth-order valence-electron chi connectivity index (χ4n) is 2.57. The summed E-state index contributed by atoms with van der Waals surface area (Å²) in [5.41, 5.74) is 1.17. The lowest BCUT2D eigenvalue weighted by molar-refractivity contribution is -0.743. The van der Waals surface area contributed by atoms with Gasteiger partial charge in [-0.05, 0) is 26.8 Å². The number of para-hydroxylation sites is 1. The van der Waals surface area contributed by atoms with E-state index in [0.29, 0.717) is 0 Å². The molecule has 128 valence electrons. The summed E-state index contributed by atoms with van der Waals surface area (Å²) in [5.74, 6) is 0. The summed E-state index contributed by atoms with van der Waals surface area (Å²) in [7, 11) is 1.60. The van der Waals surface area contributed by atoms with Crippen molar-refractivity contribution >= 4 is 21.6 Å². The molecule has 2 aromatic rings. The van der Waals surface area contributed by atoms with Gasteiger partial charge in [0.05, 0.1) is 0 Å². The van der Waals surface area contributed by atoms with Crippen LogP contribution < -0.4 is 4.57 Å². The minimum atomic E-state index is -0.405. The van der Waals surface area contributed by atoms with Crippen molar-refractivity contribution in [1.29, 1.82) is 0 Å². The van der Waals surface area contributed by atoms with E-state index in [-0.39, 0.29) is 12.5 Å². The molecule has 4 atom stereocenters. The number of fused-ring (bicyclic) bond motifs is 1. The first kappa shape index (κ1) is 18.3. The second-order valence-corrected chi connectivity index (χ2v) is 6.64. The van der Waals surface area contributed by atoms with Gasteiger partial charge in [0.1, 0.15) is 4.70 Å². The fourth-order valence-corrected chi connectivity index (χ4v) is 3.65. The number of methoxy groups -OCH3 is 1. The van der Waals surface area contributed by atoms with Gasteiger partial charge in [-0.1, -0.05) is 23.5 Å². The average molecular weight is 340 g/mol. The summed E-state index contributed by atoms with van der Waals surface area (Å²) < 4.78 is 25.7. The number of rotatable bonds is 8. The van der Waals surface area contributed by atoms with Gasteiger partial charge in [0.2, 0.25) is 10.5 Å². The van der Waals surface area contributed by atoms with Gasteiger partial charge in [0.25, 0.3) is 6.23 Å². The van der Waals surface area contributed by atoms with Crippen LogP contribution in [0.15, 0.2) is 24.3 Å². The molecule has 1 aromatic carbocycles. The summed E-state index contributed by atoms with van der Waals surface area (Å²) in [6.07, 6.45) is -1.24. The number of aryl methyl sites for hydroxylation is 1. The third-order valence-electron chi connectivity index (χ3n) is 3.57. The number of thiazole rings is 1. The Morgan fingerprint density at radius 1 is 0.913 bits per heavy atom. The molecule has 2 rings (SSSR count). The monoisotopic (exact) mass is 340 g/mol. The lowest BCUT2D eigenvalue weighted by atomic mass is 10.3. The Morgan fingerprint density at radius 3 is 2.22 bits per heavy atom. The van der Waals surface area contributed by atoms with E-state index in [9.17, 15) is 0 Å². The number of hydrogen-bond acceptors (Lipinski definition) is 5. The number of ether oxygens (including phenoxy) is 4. The quantitative estimate of drug-likeness (QED) is 0.542. The van der Waals surface area contributed by atoms with E-state index < -0.39 is 12.6 Å². The van der Waals surface area contributed by atoms with Gasteiger partial charge in [0.15, 0.2) is 18.9 Å². The van der Waals surface area contributed by atoms with Crippen molar-refractivity contribution < 1.29 is 23.5 Å². The molecule has 0 aliphatic carbocycles. The van der Waals surface area contributed by atoms with E-state index >= 15 is 0 Å². The lowest BCUT2D eigenvalue weighted by Crippen LogP contribution is -2.42. The van der Waals surface area contributed by atoms with E-state index in [1.807, 2.05) is 33.8 Å². The van der Waals surface area contributed by atoms with Crippen LogP contribution in [-0.4, -0.2) is 26.0 Å². The van der Waals surface area contributed by atoms with Crippen LogP contribution in [0.2, 0.25) is 0 Å². The van der Waals surface area contributed by atoms with Gasteiger partial charge in [-0.15, -0.1) is 0 Å². The molecule has 23 heavy (non-hydrogen) atoms. The molecule has 0 fully saturated rings. The number of nitrogens with zero attached hydrogens (tertiary/aromatic N) is 1. The van der Waals surface area contributed by atoms with Crippen LogP contribution in [0, 0.1) is 6.92 Å². The Kier molecular flexibility index (Phi) is 6.50. The van der Waals surface area contributed by atoms with Gasteiger partial charge in [-0.2, -0.15) is 4.57 Å². The van der Waals surface area contributed by atoms with Crippen molar-refractivity contribution in [3.05, 3.63) is 29.3 Å². The summed E-state index contributed by atoms with van der Waals surface area (Å²) in [5, 5.41) is 1.20. The summed E-state index contributed by atoms with van der Waals surface area (Å²) >= 11 is 1.76. The van der Waals surface area contributed by atoms with Crippen molar-refractivity contribution in [2.75, 3.05) is 7.11 Å². The standard InChI is InChI=1S/C17H26NO4S/c1-11(20-14(4)22-15(5)21-13(3)19-6)18-12(2)23-17-10-8-7-9-16(17)18/h7-11,13-15H,1-6H3/q+1. The number of hydrogen-bond donors (Lipinski definition) is 0. The Hall–Kier alpha value is -1.05. The summed E-state index contributed by atoms with van der Waals surface area (Å²) in [6, 6.07) is 8.32. The molecule has 0 aliphatic rings. The minimum Gasteiger partial charge on any atom is -0.356 e. The Balaban J connectivity index is 2.00. The highest BCUT2D eigenvalue weighted by Crippen LogP contribution is 2.22. The van der Waals surface area contributed by atoms with Crippen LogP contribution in [0.5, 0.6) is 0 Å². The van der Waals surface area contributed by atoms with Gasteiger partial charge in [-0.25, -0.2) is 0 Å². The third-order valence-corrected chi connectivity index (χ3v) is 4.63. The van der Waals surface area contributed by atoms with E-state index in [1.165, 1.54) is 15.2 Å². The zero-order valence-corrected chi connectivity index (χ0v) is 15.4. The van der Waals surface area contributed by atoms with E-state index in [4.69, 9.17) is 18.9 Å². The molecule has 0 radical (unpaired) electrons. The van der Waals surface area contributed by atoms with Crippen LogP contribution in [0.25, 0.3) is 10.2 Å². The SMILES string of the molecule is COC(C)OC(C)OC(C)OC(C)[n+]1c(C)sc2ccccc21. The summed E-state index contributed by atoms with van der Waals surface area (Å²) in [4.78, 5) is 0. The first-order valence-electron chi connectivity index (χ1n) is 7.81. The lowest BCUT2D eigenvalue weighted by Gasteiger charge is -2.23. The highest BCUT2D eigenvalue weighted by molar-refractivity contribution is 7.18. The number of aromatic nitrogens is 1. The minimum absolute atomic E-state index is 0.131. The zero-order chi connectivity index (χ0) is 17.0. The normalized spacial score (nSPS) is 17.1. The van der Waals surface area contributed by atoms with Crippen molar-refractivity contribution in [2.24, 2.45) is 0 Å². The summed E-state index contributed by atoms with van der Waals surface area (Å²) in [6.45, 7) is 9.65. The third kappa shape index (κ3) is 4.71. The molecule has 0 spiro atoms. The average Bonchev–Trinajstić information content (AvgIpc) is 2.82. The van der Waals surface area contributed by atoms with Crippen molar-refractivity contribution in [1.82, 2.24) is 0 Å². The second-order valence-electron chi connectivity index (χ2n) is 5.40. The first-order valence-corrected chi connectivity index (χ1v) is 8.63. The topological polar surface area (TPSA) is 40.8 Å². The van der Waals surface area contributed by atoms with E-state index in [1.54, 1.807) is 18.4 Å². The molecule has 4 unspecified atom stereocenters. The fraction of sp³-hybridized carbons (Fsp3) is 0.588. The molecular weight excluding hydrogens is 314 g/mol. The maximum atomic E-state index is 6.00. The molecule has 0 saturated carbocycles. The van der Waals surface area contributed by atoms with Gasteiger partial charge < -0.3 is 14.2 Å². The maximum Gasteiger partial charge on any atom is 0.263 e. The van der Waals surface area contributed by atoms with Crippen molar-refractivity contribution in [3.8, 4) is 0 Å². The molecular formula is C17H26NO4S+. The van der Waals surface area contributed by atoms with Gasteiger partial charge in [-0.3, -0.25) is 4.74 Å². The molecule has 1 heterocycles. The van der Waals surface area contributed by atoms with Crippen LogP contribution in [0.3, 0.4) is 0 Å². The van der Waals surface area contributed by atoms with Crippen molar-refractivity contribution in [2.45, 2.75) is 59.7 Å². The first-order chi connectivity index (χ1) is 10.9. The van der Waals surface area contributed by atoms with E-state index in [0.717, 1.165) is 0 Å². The van der Waals surface area contributed by atoms with Crippen molar-refractivity contribution in [3.63, 3.8) is 0 Å². The Bertz CT molecular complexity index is 630. The Morgan fingerprint density at radius 2 is 1.52 bits per heavy atom. The van der Waals surface area contributed by atoms with Gasteiger partial charge >= 0.3 is 0 Å². The molecule has 0 bridgehead atoms. The predicted octanol–water partition coefficient (Wildman–Crippen LogP) is 3.75. The zero-order valence-electron chi connectivity index (χ0n) is 14.6. The highest BCUT2D eigenvalue weighted by Gasteiger charge is 2.26.